The Morgan fingerprint density at radius 3 is 2.33 bits per heavy atom. The molecule has 3 aromatic rings. The summed E-state index contributed by atoms with van der Waals surface area (Å²) in [7, 11) is 0. The Morgan fingerprint density at radius 1 is 1.10 bits per heavy atom. The van der Waals surface area contributed by atoms with Crippen LogP contribution in [0.5, 0.6) is 0 Å². The summed E-state index contributed by atoms with van der Waals surface area (Å²) < 4.78 is 2.94. The number of halogens is 1. The van der Waals surface area contributed by atoms with Crippen LogP contribution < -0.4 is 4.73 Å². The molecule has 0 amide bonds. The number of nitrogens with zero attached hydrogens (tertiary/aromatic N) is 3. The van der Waals surface area contributed by atoms with E-state index in [9.17, 15) is 5.21 Å². The van der Waals surface area contributed by atoms with Crippen molar-refractivity contribution in [1.29, 1.82) is 0 Å². The third-order valence-corrected chi connectivity index (χ3v) is 7.05. The predicted molar refractivity (Wildman–Crippen MR) is 135 cm³/mol. The van der Waals surface area contributed by atoms with Gasteiger partial charge in [-0.15, -0.1) is 0 Å². The van der Waals surface area contributed by atoms with E-state index in [0.717, 1.165) is 21.2 Å². The zero-order chi connectivity index (χ0) is 21.8. The SMILES string of the molecule is CC(C)SN(SC(C)C)C(=S)Cc1nc2ccc(Cl)cc2c(-c2ccccc2)[n+]1[O-]. The average molecular weight is 478 g/mol. The third-order valence-electron chi connectivity index (χ3n) is 4.07. The van der Waals surface area contributed by atoms with E-state index in [4.69, 9.17) is 23.8 Å². The van der Waals surface area contributed by atoms with Gasteiger partial charge in [-0.05, 0) is 47.1 Å². The van der Waals surface area contributed by atoms with Gasteiger partial charge in [0, 0.05) is 21.1 Å². The number of benzene rings is 2. The van der Waals surface area contributed by atoms with E-state index in [1.54, 1.807) is 36.0 Å². The molecule has 4 nitrogen and oxygen atoms in total. The number of thiocarbonyl (C=S) groups is 1. The van der Waals surface area contributed by atoms with Crippen molar-refractivity contribution in [1.82, 2.24) is 8.69 Å². The van der Waals surface area contributed by atoms with Gasteiger partial charge in [0.2, 0.25) is 0 Å². The second-order valence-corrected chi connectivity index (χ2v) is 11.5. The smallest absolute Gasteiger partial charge is 0.309 e. The summed E-state index contributed by atoms with van der Waals surface area (Å²) in [6.45, 7) is 8.50. The molecule has 1 aromatic heterocycles. The Bertz CT molecular complexity index is 1030. The molecular formula is C22H24ClN3OS3. The molecule has 0 bridgehead atoms. The van der Waals surface area contributed by atoms with Crippen LogP contribution in [0, 0.1) is 5.21 Å². The molecule has 0 fully saturated rings. The van der Waals surface area contributed by atoms with Crippen LogP contribution in [0.2, 0.25) is 5.02 Å². The first kappa shape index (κ1) is 23.1. The molecule has 0 saturated carbocycles. The van der Waals surface area contributed by atoms with Crippen LogP contribution in [0.1, 0.15) is 33.5 Å². The highest BCUT2D eigenvalue weighted by atomic mass is 35.5. The maximum absolute atomic E-state index is 13.4. The zero-order valence-electron chi connectivity index (χ0n) is 17.3. The Balaban J connectivity index is 2.07. The number of hydrogen-bond acceptors (Lipinski definition) is 5. The molecule has 0 aliphatic heterocycles. The van der Waals surface area contributed by atoms with E-state index >= 15 is 0 Å². The van der Waals surface area contributed by atoms with Gasteiger partial charge in [0.15, 0.2) is 5.52 Å². The Labute approximate surface area is 196 Å². The molecule has 158 valence electrons. The molecule has 0 unspecified atom stereocenters. The van der Waals surface area contributed by atoms with Gasteiger partial charge in [-0.25, -0.2) is 4.73 Å². The van der Waals surface area contributed by atoms with E-state index in [-0.39, 0.29) is 6.42 Å². The Kier molecular flexibility index (Phi) is 7.85. The van der Waals surface area contributed by atoms with Gasteiger partial charge in [0.25, 0.3) is 0 Å². The summed E-state index contributed by atoms with van der Waals surface area (Å²) in [6.07, 6.45) is 0.288. The second-order valence-electron chi connectivity index (χ2n) is 7.33. The topological polar surface area (TPSA) is 43.1 Å². The maximum atomic E-state index is 13.4. The third kappa shape index (κ3) is 5.58. The fourth-order valence-electron chi connectivity index (χ4n) is 2.92. The van der Waals surface area contributed by atoms with Crippen molar-refractivity contribution in [2.45, 2.75) is 44.6 Å². The predicted octanol–water partition coefficient (Wildman–Crippen LogP) is 6.47. The van der Waals surface area contributed by atoms with Gasteiger partial charge in [-0.3, -0.25) is 3.71 Å². The van der Waals surface area contributed by atoms with Crippen LogP contribution in [0.15, 0.2) is 48.5 Å². The fraction of sp³-hybridized carbons (Fsp3) is 0.318. The molecule has 0 spiro atoms. The summed E-state index contributed by atoms with van der Waals surface area (Å²) in [5, 5.41) is 15.5. The number of aromatic nitrogens is 2. The highest BCUT2D eigenvalue weighted by Gasteiger charge is 2.24. The molecule has 30 heavy (non-hydrogen) atoms. The van der Waals surface area contributed by atoms with Crippen molar-refractivity contribution in [2.75, 3.05) is 0 Å². The number of hydrogen-bond donors (Lipinski definition) is 0. The van der Waals surface area contributed by atoms with Gasteiger partial charge >= 0.3 is 5.82 Å². The summed E-state index contributed by atoms with van der Waals surface area (Å²) in [5.41, 5.74) is 2.09. The van der Waals surface area contributed by atoms with Crippen molar-refractivity contribution in [3.05, 3.63) is 64.6 Å². The molecule has 8 heteroatoms. The van der Waals surface area contributed by atoms with E-state index in [2.05, 4.69) is 32.7 Å². The minimum absolute atomic E-state index is 0.288. The van der Waals surface area contributed by atoms with Crippen molar-refractivity contribution in [2.24, 2.45) is 0 Å². The standard InChI is InChI=1S/C22H24ClN3OS3/c1-14(2)29-26(30-15(3)4)21(28)13-20-24-19-11-10-17(23)12-18(19)22(25(20)27)16-8-6-5-7-9-16/h5-12,14-15H,13H2,1-4H3. The molecule has 3 rings (SSSR count). The first-order chi connectivity index (χ1) is 14.3. The van der Waals surface area contributed by atoms with Crippen LogP contribution in [-0.2, 0) is 6.42 Å². The minimum atomic E-state index is 0.288. The van der Waals surface area contributed by atoms with Gasteiger partial charge < -0.3 is 5.21 Å². The summed E-state index contributed by atoms with van der Waals surface area (Å²) in [4.78, 5) is 5.32. The van der Waals surface area contributed by atoms with Crippen LogP contribution in [0.25, 0.3) is 22.2 Å². The molecule has 0 N–H and O–H groups in total. The molecular weight excluding hydrogens is 454 g/mol. The first-order valence-corrected chi connectivity index (χ1v) is 12.2. The zero-order valence-corrected chi connectivity index (χ0v) is 20.5. The normalized spacial score (nSPS) is 11.4. The molecule has 0 aliphatic rings. The highest BCUT2D eigenvalue weighted by molar-refractivity contribution is 8.14. The van der Waals surface area contributed by atoms with Crippen LogP contribution >= 0.6 is 47.7 Å². The van der Waals surface area contributed by atoms with Gasteiger partial charge in [-0.1, -0.05) is 81.8 Å². The lowest BCUT2D eigenvalue weighted by Gasteiger charge is -2.25. The van der Waals surface area contributed by atoms with Crippen molar-refractivity contribution in [3.63, 3.8) is 0 Å². The number of fused-ring (bicyclic) bond motifs is 1. The van der Waals surface area contributed by atoms with E-state index in [1.807, 2.05) is 40.1 Å². The van der Waals surface area contributed by atoms with Gasteiger partial charge in [0.1, 0.15) is 17.1 Å². The molecule has 1 heterocycles. The minimum Gasteiger partial charge on any atom is -0.710 e. The van der Waals surface area contributed by atoms with Gasteiger partial charge in [-0.2, -0.15) is 0 Å². The number of rotatable bonds is 7. The highest BCUT2D eigenvalue weighted by Crippen LogP contribution is 2.31. The maximum Gasteiger partial charge on any atom is 0.309 e. The molecule has 0 radical (unpaired) electrons. The Morgan fingerprint density at radius 2 is 1.73 bits per heavy atom. The molecule has 0 aliphatic carbocycles. The van der Waals surface area contributed by atoms with Crippen molar-refractivity contribution in [3.8, 4) is 11.3 Å². The quantitative estimate of drug-likeness (QED) is 0.168. The first-order valence-electron chi connectivity index (χ1n) is 9.70. The molecule has 0 atom stereocenters. The summed E-state index contributed by atoms with van der Waals surface area (Å²) >= 11 is 15.3. The molecule has 2 aromatic carbocycles. The second kappa shape index (κ2) is 10.2. The fourth-order valence-corrected chi connectivity index (χ4v) is 5.84. The van der Waals surface area contributed by atoms with Crippen molar-refractivity contribution < 1.29 is 4.73 Å². The van der Waals surface area contributed by atoms with E-state index in [1.165, 1.54) is 0 Å². The summed E-state index contributed by atoms with van der Waals surface area (Å²) in [5.74, 6) is 0.382. The van der Waals surface area contributed by atoms with Crippen LogP contribution in [0.3, 0.4) is 0 Å². The molecule has 0 saturated heterocycles. The van der Waals surface area contributed by atoms with E-state index in [0.29, 0.717) is 32.0 Å². The van der Waals surface area contributed by atoms with Crippen molar-refractivity contribution >= 4 is 63.6 Å². The lowest BCUT2D eigenvalue weighted by molar-refractivity contribution is -0.603. The largest absolute Gasteiger partial charge is 0.710 e. The van der Waals surface area contributed by atoms with Crippen LogP contribution in [-0.4, -0.2) is 24.2 Å². The monoisotopic (exact) mass is 477 g/mol. The van der Waals surface area contributed by atoms with Gasteiger partial charge in [0.05, 0.1) is 5.39 Å². The lowest BCUT2D eigenvalue weighted by atomic mass is 10.1. The van der Waals surface area contributed by atoms with Crippen LogP contribution in [0.4, 0.5) is 0 Å². The Hall–Kier alpha value is -1.54. The summed E-state index contributed by atoms with van der Waals surface area (Å²) in [6, 6.07) is 15.0. The van der Waals surface area contributed by atoms with E-state index < -0.39 is 0 Å². The lowest BCUT2D eigenvalue weighted by Crippen LogP contribution is -2.38. The average Bonchev–Trinajstić information content (AvgIpc) is 2.68.